The van der Waals surface area contributed by atoms with Gasteiger partial charge in [-0.3, -0.25) is 0 Å². The number of nitrogens with two attached hydrogens (primary N) is 1. The molecule has 0 aliphatic heterocycles. The number of thioether (sulfide) groups is 1. The third-order valence-electron chi connectivity index (χ3n) is 2.14. The summed E-state index contributed by atoms with van der Waals surface area (Å²) in [5, 5.41) is 3.32. The third-order valence-corrected chi connectivity index (χ3v) is 3.00. The standard InChI is InChI=1S/C14H20N2OS/c1-4-8-18-9-7-16-12-5-6-13(15)14(10-12)17-11(2)3/h1,5-6,10-11,16H,7-9,15H2,2-3H3. The van der Waals surface area contributed by atoms with Crippen LogP contribution in [0.5, 0.6) is 5.75 Å². The minimum Gasteiger partial charge on any atom is -0.489 e. The van der Waals surface area contributed by atoms with Crippen molar-refractivity contribution in [1.82, 2.24) is 0 Å². The highest BCUT2D eigenvalue weighted by Gasteiger charge is 2.04. The van der Waals surface area contributed by atoms with E-state index in [0.717, 1.165) is 29.5 Å². The summed E-state index contributed by atoms with van der Waals surface area (Å²) in [5.41, 5.74) is 7.53. The first kappa shape index (κ1) is 14.6. The monoisotopic (exact) mass is 264 g/mol. The second-order valence-corrected chi connectivity index (χ2v) is 5.21. The number of terminal acetylenes is 1. The molecule has 0 aliphatic rings. The molecule has 1 aromatic carbocycles. The van der Waals surface area contributed by atoms with Crippen molar-refractivity contribution in [3.8, 4) is 18.1 Å². The lowest BCUT2D eigenvalue weighted by Gasteiger charge is -2.14. The van der Waals surface area contributed by atoms with E-state index in [2.05, 4.69) is 11.2 Å². The zero-order valence-electron chi connectivity index (χ0n) is 10.9. The van der Waals surface area contributed by atoms with Gasteiger partial charge in [-0.1, -0.05) is 5.92 Å². The number of hydrogen-bond acceptors (Lipinski definition) is 4. The first-order valence-corrected chi connectivity index (χ1v) is 7.10. The largest absolute Gasteiger partial charge is 0.489 e. The molecule has 0 saturated heterocycles. The molecular weight excluding hydrogens is 244 g/mol. The van der Waals surface area contributed by atoms with Crippen LogP contribution in [0.2, 0.25) is 0 Å². The number of hydrogen-bond donors (Lipinski definition) is 2. The van der Waals surface area contributed by atoms with Crippen LogP contribution in [0, 0.1) is 12.3 Å². The van der Waals surface area contributed by atoms with Crippen LogP contribution in [-0.4, -0.2) is 24.2 Å². The Kier molecular flexibility index (Phi) is 6.31. The van der Waals surface area contributed by atoms with E-state index in [1.165, 1.54) is 0 Å². The molecular formula is C14H20N2OS. The Balaban J connectivity index is 2.49. The fourth-order valence-electron chi connectivity index (χ4n) is 1.40. The quantitative estimate of drug-likeness (QED) is 0.452. The van der Waals surface area contributed by atoms with Crippen molar-refractivity contribution < 1.29 is 4.74 Å². The van der Waals surface area contributed by atoms with E-state index in [0.29, 0.717) is 5.69 Å². The van der Waals surface area contributed by atoms with E-state index in [9.17, 15) is 0 Å². The van der Waals surface area contributed by atoms with Gasteiger partial charge < -0.3 is 15.8 Å². The van der Waals surface area contributed by atoms with Gasteiger partial charge in [0.15, 0.2) is 0 Å². The second kappa shape index (κ2) is 7.78. The van der Waals surface area contributed by atoms with Crippen LogP contribution in [0.3, 0.4) is 0 Å². The number of nitrogen functional groups attached to an aromatic ring is 1. The number of ether oxygens (including phenoxy) is 1. The van der Waals surface area contributed by atoms with Gasteiger partial charge in [0.1, 0.15) is 5.75 Å². The first-order valence-electron chi connectivity index (χ1n) is 5.94. The summed E-state index contributed by atoms with van der Waals surface area (Å²) < 4.78 is 5.63. The Bertz CT molecular complexity index is 413. The van der Waals surface area contributed by atoms with Gasteiger partial charge in [0, 0.05) is 24.1 Å². The van der Waals surface area contributed by atoms with Crippen LogP contribution in [0.4, 0.5) is 11.4 Å². The Morgan fingerprint density at radius 2 is 2.28 bits per heavy atom. The van der Waals surface area contributed by atoms with Crippen molar-refractivity contribution in [2.75, 3.05) is 29.1 Å². The van der Waals surface area contributed by atoms with Gasteiger partial charge in [-0.2, -0.15) is 0 Å². The molecule has 3 N–H and O–H groups in total. The van der Waals surface area contributed by atoms with E-state index in [1.54, 1.807) is 11.8 Å². The van der Waals surface area contributed by atoms with Crippen molar-refractivity contribution in [2.24, 2.45) is 0 Å². The van der Waals surface area contributed by atoms with Crippen LogP contribution in [0.15, 0.2) is 18.2 Å². The Morgan fingerprint density at radius 3 is 2.94 bits per heavy atom. The molecule has 0 amide bonds. The highest BCUT2D eigenvalue weighted by atomic mass is 32.2. The topological polar surface area (TPSA) is 47.3 Å². The highest BCUT2D eigenvalue weighted by molar-refractivity contribution is 7.99. The summed E-state index contributed by atoms with van der Waals surface area (Å²) >= 11 is 1.74. The molecule has 3 nitrogen and oxygen atoms in total. The average Bonchev–Trinajstić information content (AvgIpc) is 2.32. The van der Waals surface area contributed by atoms with E-state index in [4.69, 9.17) is 16.9 Å². The summed E-state index contributed by atoms with van der Waals surface area (Å²) in [7, 11) is 0. The van der Waals surface area contributed by atoms with Crippen LogP contribution < -0.4 is 15.8 Å². The van der Waals surface area contributed by atoms with Gasteiger partial charge in [-0.15, -0.1) is 18.2 Å². The minimum atomic E-state index is 0.119. The molecule has 0 bridgehead atoms. The van der Waals surface area contributed by atoms with Crippen molar-refractivity contribution >= 4 is 23.1 Å². The van der Waals surface area contributed by atoms with Gasteiger partial charge in [-0.25, -0.2) is 0 Å². The van der Waals surface area contributed by atoms with Gasteiger partial charge in [0.25, 0.3) is 0 Å². The van der Waals surface area contributed by atoms with E-state index in [-0.39, 0.29) is 6.10 Å². The van der Waals surface area contributed by atoms with Gasteiger partial charge in [-0.05, 0) is 26.0 Å². The fraction of sp³-hybridized carbons (Fsp3) is 0.429. The van der Waals surface area contributed by atoms with Crippen LogP contribution in [-0.2, 0) is 0 Å². The zero-order valence-corrected chi connectivity index (χ0v) is 11.7. The Hall–Kier alpha value is -1.47. The molecule has 0 spiro atoms. The Morgan fingerprint density at radius 1 is 1.50 bits per heavy atom. The molecule has 4 heteroatoms. The third kappa shape index (κ3) is 5.24. The highest BCUT2D eigenvalue weighted by Crippen LogP contribution is 2.26. The predicted molar refractivity (Wildman–Crippen MR) is 81.3 cm³/mol. The molecule has 0 unspecified atom stereocenters. The summed E-state index contributed by atoms with van der Waals surface area (Å²) in [6.07, 6.45) is 5.30. The molecule has 0 radical (unpaired) electrons. The normalized spacial score (nSPS) is 10.1. The molecule has 18 heavy (non-hydrogen) atoms. The maximum absolute atomic E-state index is 5.85. The molecule has 0 fully saturated rings. The SMILES string of the molecule is C#CCSCCNc1ccc(N)c(OC(C)C)c1. The predicted octanol–water partition coefficient (Wildman–Crippen LogP) is 2.83. The van der Waals surface area contributed by atoms with Crippen molar-refractivity contribution in [2.45, 2.75) is 20.0 Å². The van der Waals surface area contributed by atoms with Gasteiger partial charge in [0.2, 0.25) is 0 Å². The van der Waals surface area contributed by atoms with Crippen LogP contribution in [0.25, 0.3) is 0 Å². The Labute approximate surface area is 113 Å². The number of nitrogens with one attached hydrogen (secondary N) is 1. The van der Waals surface area contributed by atoms with E-state index < -0.39 is 0 Å². The van der Waals surface area contributed by atoms with Crippen molar-refractivity contribution in [3.05, 3.63) is 18.2 Å². The second-order valence-electron chi connectivity index (χ2n) is 4.10. The lowest BCUT2D eigenvalue weighted by atomic mass is 10.2. The molecule has 0 saturated carbocycles. The van der Waals surface area contributed by atoms with Crippen LogP contribution >= 0.6 is 11.8 Å². The van der Waals surface area contributed by atoms with Crippen molar-refractivity contribution in [1.29, 1.82) is 0 Å². The lowest BCUT2D eigenvalue weighted by Crippen LogP contribution is -2.09. The summed E-state index contributed by atoms with van der Waals surface area (Å²) in [4.78, 5) is 0. The smallest absolute Gasteiger partial charge is 0.144 e. The minimum absolute atomic E-state index is 0.119. The van der Waals surface area contributed by atoms with E-state index in [1.807, 2.05) is 32.0 Å². The number of rotatable bonds is 7. The number of benzene rings is 1. The molecule has 98 valence electrons. The maximum Gasteiger partial charge on any atom is 0.144 e. The molecule has 0 aliphatic carbocycles. The summed E-state index contributed by atoms with van der Waals surface area (Å²) in [6.45, 7) is 4.84. The molecule has 1 aromatic rings. The maximum atomic E-state index is 5.85. The van der Waals surface area contributed by atoms with Crippen molar-refractivity contribution in [3.63, 3.8) is 0 Å². The number of anilines is 2. The molecule has 0 atom stereocenters. The zero-order chi connectivity index (χ0) is 13.4. The fourth-order valence-corrected chi connectivity index (χ4v) is 1.91. The molecule has 1 rings (SSSR count). The molecule has 0 heterocycles. The lowest BCUT2D eigenvalue weighted by molar-refractivity contribution is 0.244. The van der Waals surface area contributed by atoms with Gasteiger partial charge in [0.05, 0.1) is 17.5 Å². The first-order chi connectivity index (χ1) is 8.63. The average molecular weight is 264 g/mol. The van der Waals surface area contributed by atoms with E-state index >= 15 is 0 Å². The summed E-state index contributed by atoms with van der Waals surface area (Å²) in [6, 6.07) is 5.74. The summed E-state index contributed by atoms with van der Waals surface area (Å²) in [5.74, 6) is 5.07. The van der Waals surface area contributed by atoms with Gasteiger partial charge >= 0.3 is 0 Å². The van der Waals surface area contributed by atoms with Crippen LogP contribution in [0.1, 0.15) is 13.8 Å². The molecule has 0 aromatic heterocycles.